The molecule has 1 fully saturated rings. The molecule has 0 radical (unpaired) electrons. The number of amides is 1. The van der Waals surface area contributed by atoms with Crippen LogP contribution in [0.25, 0.3) is 11.4 Å². The van der Waals surface area contributed by atoms with Gasteiger partial charge in [-0.15, -0.1) is 0 Å². The summed E-state index contributed by atoms with van der Waals surface area (Å²) in [6.45, 7) is 1.38. The fourth-order valence-electron chi connectivity index (χ4n) is 3.61. The summed E-state index contributed by atoms with van der Waals surface area (Å²) in [7, 11) is 1.61. The highest BCUT2D eigenvalue weighted by atomic mass is 19.1. The number of ether oxygens (including phenoxy) is 1. The minimum Gasteiger partial charge on any atom is -0.497 e. The third-order valence-electron chi connectivity index (χ3n) is 5.20. The van der Waals surface area contributed by atoms with Crippen molar-refractivity contribution in [3.05, 3.63) is 66.6 Å². The molecule has 0 bridgehead atoms. The Bertz CT molecular complexity index is 1030. The number of hydrogen-bond donors (Lipinski definition) is 1. The number of aromatic nitrogens is 2. The van der Waals surface area contributed by atoms with Crippen molar-refractivity contribution in [2.75, 3.05) is 30.4 Å². The number of hydrogen-bond acceptors (Lipinski definition) is 5. The highest BCUT2D eigenvalue weighted by Crippen LogP contribution is 2.25. The van der Waals surface area contributed by atoms with Crippen LogP contribution in [-0.4, -0.2) is 36.1 Å². The number of halogens is 1. The Balaban J connectivity index is 1.45. The van der Waals surface area contributed by atoms with Crippen LogP contribution >= 0.6 is 0 Å². The van der Waals surface area contributed by atoms with Crippen LogP contribution < -0.4 is 15.0 Å². The maximum atomic E-state index is 13.6. The summed E-state index contributed by atoms with van der Waals surface area (Å²) in [6, 6.07) is 15.3. The van der Waals surface area contributed by atoms with Crippen molar-refractivity contribution in [1.82, 2.24) is 9.97 Å². The topological polar surface area (TPSA) is 67.3 Å². The lowest BCUT2D eigenvalue weighted by Crippen LogP contribution is -2.41. The SMILES string of the molecule is COc1ccc(NC(=O)[C@H]2CCCN(c3ccnc(-c4cccc(F)c4)n3)C2)cc1. The van der Waals surface area contributed by atoms with E-state index in [0.29, 0.717) is 17.9 Å². The summed E-state index contributed by atoms with van der Waals surface area (Å²) in [5.74, 6) is 1.48. The predicted molar refractivity (Wildman–Crippen MR) is 114 cm³/mol. The molecule has 0 saturated carbocycles. The molecule has 1 amide bonds. The fraction of sp³-hybridized carbons (Fsp3) is 0.261. The van der Waals surface area contributed by atoms with Gasteiger partial charge in [0.05, 0.1) is 13.0 Å². The number of nitrogens with zero attached hydrogens (tertiary/aromatic N) is 3. The molecular weight excluding hydrogens is 383 g/mol. The van der Waals surface area contributed by atoms with Crippen molar-refractivity contribution >= 4 is 17.4 Å². The van der Waals surface area contributed by atoms with E-state index >= 15 is 0 Å². The van der Waals surface area contributed by atoms with Gasteiger partial charge < -0.3 is 15.0 Å². The van der Waals surface area contributed by atoms with Crippen LogP contribution in [0.1, 0.15) is 12.8 Å². The quantitative estimate of drug-likeness (QED) is 0.690. The van der Waals surface area contributed by atoms with Gasteiger partial charge in [-0.1, -0.05) is 12.1 Å². The number of nitrogens with one attached hydrogen (secondary N) is 1. The van der Waals surface area contributed by atoms with Gasteiger partial charge in [-0.3, -0.25) is 4.79 Å². The molecule has 1 saturated heterocycles. The third-order valence-corrected chi connectivity index (χ3v) is 5.20. The molecule has 30 heavy (non-hydrogen) atoms. The summed E-state index contributed by atoms with van der Waals surface area (Å²) < 4.78 is 18.7. The van der Waals surface area contributed by atoms with Gasteiger partial charge in [-0.2, -0.15) is 0 Å². The van der Waals surface area contributed by atoms with Crippen molar-refractivity contribution in [3.8, 4) is 17.1 Å². The highest BCUT2D eigenvalue weighted by Gasteiger charge is 2.27. The Hall–Kier alpha value is -3.48. The van der Waals surface area contributed by atoms with E-state index in [-0.39, 0.29) is 17.6 Å². The van der Waals surface area contributed by atoms with Gasteiger partial charge in [0.15, 0.2) is 5.82 Å². The Kier molecular flexibility index (Phi) is 5.88. The van der Waals surface area contributed by atoms with Crippen molar-refractivity contribution in [2.24, 2.45) is 5.92 Å². The Morgan fingerprint density at radius 3 is 2.80 bits per heavy atom. The van der Waals surface area contributed by atoms with Gasteiger partial charge in [-0.05, 0) is 55.3 Å². The zero-order valence-electron chi connectivity index (χ0n) is 16.7. The van der Waals surface area contributed by atoms with Crippen LogP contribution in [0.15, 0.2) is 60.8 Å². The summed E-state index contributed by atoms with van der Waals surface area (Å²) in [5.41, 5.74) is 1.37. The molecule has 3 aromatic rings. The van der Waals surface area contributed by atoms with E-state index in [4.69, 9.17) is 4.74 Å². The van der Waals surface area contributed by atoms with E-state index < -0.39 is 0 Å². The lowest BCUT2D eigenvalue weighted by atomic mass is 9.97. The van der Waals surface area contributed by atoms with Crippen molar-refractivity contribution in [2.45, 2.75) is 12.8 Å². The molecule has 0 aliphatic carbocycles. The lowest BCUT2D eigenvalue weighted by molar-refractivity contribution is -0.120. The molecule has 0 unspecified atom stereocenters. The van der Waals surface area contributed by atoms with Crippen LogP contribution in [0, 0.1) is 11.7 Å². The van der Waals surface area contributed by atoms with E-state index in [1.807, 2.05) is 30.3 Å². The molecule has 154 valence electrons. The molecule has 1 aromatic heterocycles. The van der Waals surface area contributed by atoms with Crippen LogP contribution in [-0.2, 0) is 4.79 Å². The summed E-state index contributed by atoms with van der Waals surface area (Å²) >= 11 is 0. The molecule has 1 aliphatic rings. The third kappa shape index (κ3) is 4.56. The van der Waals surface area contributed by atoms with E-state index in [0.717, 1.165) is 36.6 Å². The largest absolute Gasteiger partial charge is 0.497 e. The van der Waals surface area contributed by atoms with Crippen LogP contribution in [0.4, 0.5) is 15.9 Å². The van der Waals surface area contributed by atoms with Gasteiger partial charge >= 0.3 is 0 Å². The average molecular weight is 406 g/mol. The Labute approximate surface area is 174 Å². The summed E-state index contributed by atoms with van der Waals surface area (Å²) in [6.07, 6.45) is 3.38. The molecule has 1 atom stereocenters. The lowest BCUT2D eigenvalue weighted by Gasteiger charge is -2.33. The first-order valence-corrected chi connectivity index (χ1v) is 9.91. The van der Waals surface area contributed by atoms with Gasteiger partial charge in [0.25, 0.3) is 0 Å². The fourth-order valence-corrected chi connectivity index (χ4v) is 3.61. The van der Waals surface area contributed by atoms with Gasteiger partial charge in [-0.25, -0.2) is 14.4 Å². The van der Waals surface area contributed by atoms with Crippen molar-refractivity contribution in [3.63, 3.8) is 0 Å². The minimum atomic E-state index is -0.324. The van der Waals surface area contributed by atoms with Gasteiger partial charge in [0.2, 0.25) is 5.91 Å². The molecule has 4 rings (SSSR count). The molecule has 1 aliphatic heterocycles. The van der Waals surface area contributed by atoms with Gasteiger partial charge in [0.1, 0.15) is 17.4 Å². The second-order valence-electron chi connectivity index (χ2n) is 7.25. The standard InChI is InChI=1S/C23H23FN4O2/c1-30-20-9-7-19(8-10-20)26-23(29)17-5-3-13-28(15-17)21-11-12-25-22(27-21)16-4-2-6-18(24)14-16/h2,4,6-12,14,17H,3,5,13,15H2,1H3,(H,26,29)/t17-/m0/s1. The monoisotopic (exact) mass is 406 g/mol. The smallest absolute Gasteiger partial charge is 0.229 e. The molecule has 1 N–H and O–H groups in total. The molecule has 0 spiro atoms. The second kappa shape index (κ2) is 8.90. The number of benzene rings is 2. The normalized spacial score (nSPS) is 16.2. The van der Waals surface area contributed by atoms with E-state index in [1.165, 1.54) is 12.1 Å². The van der Waals surface area contributed by atoms with E-state index in [9.17, 15) is 9.18 Å². The number of methoxy groups -OCH3 is 1. The zero-order chi connectivity index (χ0) is 20.9. The number of piperidine rings is 1. The van der Waals surface area contributed by atoms with Crippen LogP contribution in [0.3, 0.4) is 0 Å². The molecule has 7 heteroatoms. The Morgan fingerprint density at radius 2 is 2.03 bits per heavy atom. The first kappa shape index (κ1) is 19.8. The van der Waals surface area contributed by atoms with Crippen molar-refractivity contribution < 1.29 is 13.9 Å². The van der Waals surface area contributed by atoms with Crippen molar-refractivity contribution in [1.29, 1.82) is 0 Å². The summed E-state index contributed by atoms with van der Waals surface area (Å²) in [4.78, 5) is 23.8. The van der Waals surface area contributed by atoms with E-state index in [1.54, 1.807) is 25.4 Å². The molecule has 6 nitrogen and oxygen atoms in total. The number of carbonyl (C=O) groups excluding carboxylic acids is 1. The molecule has 2 heterocycles. The molecule has 2 aromatic carbocycles. The minimum absolute atomic E-state index is 0.00993. The number of rotatable bonds is 5. The second-order valence-corrected chi connectivity index (χ2v) is 7.25. The first-order chi connectivity index (χ1) is 14.6. The van der Waals surface area contributed by atoms with Gasteiger partial charge in [0, 0.05) is 30.5 Å². The first-order valence-electron chi connectivity index (χ1n) is 9.91. The zero-order valence-corrected chi connectivity index (χ0v) is 16.7. The molecular formula is C23H23FN4O2. The predicted octanol–water partition coefficient (Wildman–Crippen LogP) is 4.15. The number of anilines is 2. The van der Waals surface area contributed by atoms with E-state index in [2.05, 4.69) is 20.2 Å². The van der Waals surface area contributed by atoms with Crippen LogP contribution in [0.2, 0.25) is 0 Å². The maximum absolute atomic E-state index is 13.6. The maximum Gasteiger partial charge on any atom is 0.229 e. The highest BCUT2D eigenvalue weighted by molar-refractivity contribution is 5.93. The summed E-state index contributed by atoms with van der Waals surface area (Å²) in [5, 5.41) is 2.98. The average Bonchev–Trinajstić information content (AvgIpc) is 2.80. The Morgan fingerprint density at radius 1 is 1.20 bits per heavy atom. The van der Waals surface area contributed by atoms with Crippen LogP contribution in [0.5, 0.6) is 5.75 Å². The number of carbonyl (C=O) groups is 1.